The Balaban J connectivity index is 2.08. The number of carbonyl (C=O) groups excluding carboxylic acids is 1. The maximum atomic E-state index is 11.8. The molecule has 2 aromatic rings. The van der Waals surface area contributed by atoms with Crippen molar-refractivity contribution in [3.8, 4) is 5.75 Å². The third-order valence-corrected chi connectivity index (χ3v) is 3.15. The minimum Gasteiger partial charge on any atom is -0.410 e. The van der Waals surface area contributed by atoms with Gasteiger partial charge in [-0.1, -0.05) is 32.0 Å². The number of hydrogen-bond acceptors (Lipinski definition) is 4. The van der Waals surface area contributed by atoms with Crippen molar-refractivity contribution in [3.05, 3.63) is 42.1 Å². The van der Waals surface area contributed by atoms with Crippen LogP contribution in [-0.4, -0.2) is 27.6 Å². The largest absolute Gasteiger partial charge is 0.418 e. The highest BCUT2D eigenvalue weighted by atomic mass is 16.6. The number of ether oxygens (including phenoxy) is 1. The van der Waals surface area contributed by atoms with E-state index in [1.165, 1.54) is 0 Å². The summed E-state index contributed by atoms with van der Waals surface area (Å²) in [6, 6.07) is 10.5. The Labute approximate surface area is 123 Å². The van der Waals surface area contributed by atoms with E-state index in [-0.39, 0.29) is 6.61 Å². The quantitative estimate of drug-likeness (QED) is 0.905. The molecule has 112 valence electrons. The lowest BCUT2D eigenvalue weighted by atomic mass is 9.91. The molecule has 6 heteroatoms. The maximum Gasteiger partial charge on any atom is 0.418 e. The predicted octanol–water partition coefficient (Wildman–Crippen LogP) is 2.30. The molecule has 0 bridgehead atoms. The lowest BCUT2D eigenvalue weighted by molar-refractivity contribution is 0.214. The normalized spacial score (nSPS) is 11.2. The van der Waals surface area contributed by atoms with Gasteiger partial charge in [0.2, 0.25) is 0 Å². The molecule has 1 aromatic heterocycles. The smallest absolute Gasteiger partial charge is 0.410 e. The number of rotatable bonds is 4. The topological polar surface area (TPSA) is 76.4 Å². The fourth-order valence-electron chi connectivity index (χ4n) is 1.72. The Morgan fingerprint density at radius 1 is 1.38 bits per heavy atom. The summed E-state index contributed by atoms with van der Waals surface area (Å²) in [4.78, 5) is 11.8. The van der Waals surface area contributed by atoms with Gasteiger partial charge >= 0.3 is 6.09 Å². The van der Waals surface area contributed by atoms with Gasteiger partial charge in [0.1, 0.15) is 11.6 Å². The number of anilines is 1. The lowest BCUT2D eigenvalue weighted by Gasteiger charge is -2.17. The zero-order valence-corrected chi connectivity index (χ0v) is 12.3. The van der Waals surface area contributed by atoms with Gasteiger partial charge in [0, 0.05) is 18.5 Å². The van der Waals surface area contributed by atoms with E-state index in [1.54, 1.807) is 42.1 Å². The first kappa shape index (κ1) is 15.1. The number of benzene rings is 1. The monoisotopic (exact) mass is 289 g/mol. The molecule has 0 aliphatic carbocycles. The zero-order chi connectivity index (χ0) is 15.5. The zero-order valence-electron chi connectivity index (χ0n) is 12.3. The molecule has 0 saturated carbocycles. The molecular formula is C15H19N3O3. The third-order valence-electron chi connectivity index (χ3n) is 3.15. The molecule has 1 amide bonds. The van der Waals surface area contributed by atoms with Gasteiger partial charge in [0.25, 0.3) is 0 Å². The fourth-order valence-corrected chi connectivity index (χ4v) is 1.72. The van der Waals surface area contributed by atoms with Crippen LogP contribution in [0, 0.1) is 0 Å². The van der Waals surface area contributed by atoms with Gasteiger partial charge < -0.3 is 9.84 Å². The van der Waals surface area contributed by atoms with Crippen LogP contribution in [0.4, 0.5) is 10.6 Å². The molecule has 0 unspecified atom stereocenters. The number of aromatic nitrogens is 2. The number of aliphatic hydroxyl groups excluding tert-OH is 1. The van der Waals surface area contributed by atoms with Crippen molar-refractivity contribution in [1.82, 2.24) is 9.78 Å². The molecule has 0 radical (unpaired) electrons. The summed E-state index contributed by atoms with van der Waals surface area (Å²) in [5.74, 6) is 0.973. The van der Waals surface area contributed by atoms with E-state index >= 15 is 0 Å². The van der Waals surface area contributed by atoms with E-state index < -0.39 is 11.5 Å². The van der Waals surface area contributed by atoms with Crippen LogP contribution >= 0.6 is 0 Å². The first-order valence-corrected chi connectivity index (χ1v) is 6.61. The van der Waals surface area contributed by atoms with E-state index in [2.05, 4.69) is 10.4 Å². The SMILES string of the molecule is Cn1nc(C(C)(C)CO)cc1NC(=O)Oc1ccccc1. The van der Waals surface area contributed by atoms with Gasteiger partial charge in [-0.25, -0.2) is 4.79 Å². The second kappa shape index (κ2) is 5.97. The number of hydrogen-bond donors (Lipinski definition) is 2. The van der Waals surface area contributed by atoms with Gasteiger partial charge in [-0.3, -0.25) is 10.00 Å². The molecule has 0 saturated heterocycles. The van der Waals surface area contributed by atoms with Crippen LogP contribution < -0.4 is 10.1 Å². The van der Waals surface area contributed by atoms with Crippen LogP contribution in [0.1, 0.15) is 19.5 Å². The van der Waals surface area contributed by atoms with Crippen LogP contribution in [0.2, 0.25) is 0 Å². The first-order valence-electron chi connectivity index (χ1n) is 6.61. The number of para-hydroxylation sites is 1. The van der Waals surface area contributed by atoms with Crippen molar-refractivity contribution in [2.75, 3.05) is 11.9 Å². The van der Waals surface area contributed by atoms with Crippen molar-refractivity contribution < 1.29 is 14.6 Å². The van der Waals surface area contributed by atoms with Gasteiger partial charge in [-0.15, -0.1) is 0 Å². The molecule has 2 rings (SSSR count). The lowest BCUT2D eigenvalue weighted by Crippen LogP contribution is -2.22. The van der Waals surface area contributed by atoms with Crippen LogP contribution in [0.5, 0.6) is 5.75 Å². The number of nitrogens with one attached hydrogen (secondary N) is 1. The van der Waals surface area contributed by atoms with Crippen molar-refractivity contribution in [2.24, 2.45) is 7.05 Å². The number of aryl methyl sites for hydroxylation is 1. The Morgan fingerprint density at radius 3 is 2.67 bits per heavy atom. The average Bonchev–Trinajstić information content (AvgIpc) is 2.82. The number of amides is 1. The van der Waals surface area contributed by atoms with Crippen LogP contribution in [0.3, 0.4) is 0 Å². The molecule has 0 spiro atoms. The van der Waals surface area contributed by atoms with Crippen LogP contribution in [-0.2, 0) is 12.5 Å². The summed E-state index contributed by atoms with van der Waals surface area (Å²) in [5, 5.41) is 16.3. The van der Waals surface area contributed by atoms with Crippen molar-refractivity contribution in [3.63, 3.8) is 0 Å². The minimum atomic E-state index is -0.586. The molecular weight excluding hydrogens is 270 g/mol. The second-order valence-electron chi connectivity index (χ2n) is 5.41. The summed E-state index contributed by atoms with van der Waals surface area (Å²) in [6.07, 6.45) is -0.586. The Bertz CT molecular complexity index is 620. The summed E-state index contributed by atoms with van der Waals surface area (Å²) >= 11 is 0. The van der Waals surface area contributed by atoms with Crippen molar-refractivity contribution in [1.29, 1.82) is 0 Å². The third kappa shape index (κ3) is 3.61. The summed E-state index contributed by atoms with van der Waals surface area (Å²) < 4.78 is 6.69. The fraction of sp³-hybridized carbons (Fsp3) is 0.333. The summed E-state index contributed by atoms with van der Waals surface area (Å²) in [7, 11) is 1.72. The highest BCUT2D eigenvalue weighted by molar-refractivity contribution is 5.85. The van der Waals surface area contributed by atoms with E-state index in [9.17, 15) is 9.90 Å². The Kier molecular flexibility index (Phi) is 4.28. The number of aliphatic hydroxyl groups is 1. The Morgan fingerprint density at radius 2 is 2.05 bits per heavy atom. The molecule has 1 heterocycles. The van der Waals surface area contributed by atoms with E-state index in [1.807, 2.05) is 19.9 Å². The summed E-state index contributed by atoms with van der Waals surface area (Å²) in [6.45, 7) is 3.72. The molecule has 0 atom stereocenters. The summed E-state index contributed by atoms with van der Waals surface area (Å²) in [5.41, 5.74) is 0.226. The number of nitrogens with zero attached hydrogens (tertiary/aromatic N) is 2. The first-order chi connectivity index (χ1) is 9.92. The molecule has 0 aliphatic heterocycles. The maximum absolute atomic E-state index is 11.8. The van der Waals surface area contributed by atoms with Gasteiger partial charge in [0.05, 0.1) is 12.3 Å². The molecule has 6 nitrogen and oxygen atoms in total. The van der Waals surface area contributed by atoms with Gasteiger partial charge in [-0.05, 0) is 12.1 Å². The Hall–Kier alpha value is -2.34. The molecule has 0 fully saturated rings. The highest BCUT2D eigenvalue weighted by Crippen LogP contribution is 2.23. The van der Waals surface area contributed by atoms with Gasteiger partial charge in [-0.2, -0.15) is 5.10 Å². The predicted molar refractivity (Wildman–Crippen MR) is 79.4 cm³/mol. The van der Waals surface area contributed by atoms with E-state index in [0.29, 0.717) is 17.3 Å². The van der Waals surface area contributed by atoms with E-state index in [0.717, 1.165) is 0 Å². The molecule has 21 heavy (non-hydrogen) atoms. The van der Waals surface area contributed by atoms with Crippen molar-refractivity contribution >= 4 is 11.9 Å². The van der Waals surface area contributed by atoms with Gasteiger partial charge in [0.15, 0.2) is 0 Å². The number of carbonyl (C=O) groups is 1. The van der Waals surface area contributed by atoms with Crippen LogP contribution in [0.15, 0.2) is 36.4 Å². The van der Waals surface area contributed by atoms with Crippen molar-refractivity contribution in [2.45, 2.75) is 19.3 Å². The molecule has 0 aliphatic rings. The second-order valence-corrected chi connectivity index (χ2v) is 5.41. The standard InChI is InChI=1S/C15H19N3O3/c1-15(2,10-19)12-9-13(18(3)17-12)16-14(20)21-11-7-5-4-6-8-11/h4-9,19H,10H2,1-3H3,(H,16,20). The van der Waals surface area contributed by atoms with Crippen LogP contribution in [0.25, 0.3) is 0 Å². The molecule has 1 aromatic carbocycles. The molecule has 2 N–H and O–H groups in total. The van der Waals surface area contributed by atoms with E-state index in [4.69, 9.17) is 4.74 Å². The highest BCUT2D eigenvalue weighted by Gasteiger charge is 2.24. The average molecular weight is 289 g/mol. The minimum absolute atomic E-state index is 0.0298.